The van der Waals surface area contributed by atoms with Crippen LogP contribution < -0.4 is 19.6 Å². The van der Waals surface area contributed by atoms with Gasteiger partial charge < -0.3 is 14.0 Å². The van der Waals surface area contributed by atoms with E-state index in [0.717, 1.165) is 16.5 Å². The lowest BCUT2D eigenvalue weighted by atomic mass is 9.95. The number of aromatic nitrogens is 2. The molecule has 224 valence electrons. The molecule has 1 atom stereocenters. The Kier molecular flexibility index (Phi) is 8.10. The van der Waals surface area contributed by atoms with E-state index in [1.54, 1.807) is 18.4 Å². The first kappa shape index (κ1) is 29.4. The van der Waals surface area contributed by atoms with Crippen molar-refractivity contribution in [1.82, 2.24) is 9.13 Å². The van der Waals surface area contributed by atoms with Crippen molar-refractivity contribution in [3.63, 3.8) is 0 Å². The van der Waals surface area contributed by atoms with Gasteiger partial charge in [0.05, 0.1) is 28.5 Å². The van der Waals surface area contributed by atoms with Gasteiger partial charge in [0.1, 0.15) is 11.8 Å². The summed E-state index contributed by atoms with van der Waals surface area (Å²) in [6.07, 6.45) is 3.94. The van der Waals surface area contributed by atoms with E-state index in [1.165, 1.54) is 22.5 Å². The third kappa shape index (κ3) is 5.53. The van der Waals surface area contributed by atoms with Gasteiger partial charge in [-0.3, -0.25) is 9.36 Å². The van der Waals surface area contributed by atoms with Crippen LogP contribution in [0.25, 0.3) is 17.0 Å². The molecule has 0 aliphatic carbocycles. The van der Waals surface area contributed by atoms with Crippen LogP contribution in [0.4, 0.5) is 0 Å². The van der Waals surface area contributed by atoms with Crippen molar-refractivity contribution in [3.05, 3.63) is 132 Å². The van der Waals surface area contributed by atoms with Crippen LogP contribution in [0.3, 0.4) is 0 Å². The number of esters is 1. The average molecular weight is 606 g/mol. The number of aryl methyl sites for hydroxylation is 1. The lowest BCUT2D eigenvalue weighted by molar-refractivity contribution is -0.139. The molecule has 0 spiro atoms. The van der Waals surface area contributed by atoms with Gasteiger partial charge in [0.25, 0.3) is 5.56 Å². The number of benzene rings is 3. The molecule has 0 bridgehead atoms. The molecule has 1 aliphatic heterocycles. The van der Waals surface area contributed by atoms with Gasteiger partial charge in [-0.1, -0.05) is 77.6 Å². The first-order valence-corrected chi connectivity index (χ1v) is 15.7. The van der Waals surface area contributed by atoms with Gasteiger partial charge in [-0.25, -0.2) is 9.79 Å². The molecular weight excluding hydrogens is 570 g/mol. The first-order chi connectivity index (χ1) is 21.2. The quantitative estimate of drug-likeness (QED) is 0.207. The molecule has 0 radical (unpaired) electrons. The highest BCUT2D eigenvalue weighted by atomic mass is 32.1. The van der Waals surface area contributed by atoms with Crippen molar-refractivity contribution in [3.8, 4) is 5.75 Å². The van der Waals surface area contributed by atoms with Crippen molar-refractivity contribution in [2.24, 2.45) is 4.99 Å². The number of carbonyl (C=O) groups is 1. The fourth-order valence-electron chi connectivity index (χ4n) is 5.82. The highest BCUT2D eigenvalue weighted by molar-refractivity contribution is 7.07. The van der Waals surface area contributed by atoms with E-state index >= 15 is 0 Å². The third-order valence-corrected chi connectivity index (χ3v) is 8.62. The summed E-state index contributed by atoms with van der Waals surface area (Å²) in [5.74, 6) is 0.115. The molecule has 7 nitrogen and oxygen atoms in total. The molecule has 0 amide bonds. The molecule has 0 fully saturated rings. The molecule has 5 aromatic rings. The Bertz CT molecular complexity index is 2100. The molecule has 0 saturated heterocycles. The summed E-state index contributed by atoms with van der Waals surface area (Å²) in [5, 5.41) is 1.06. The van der Waals surface area contributed by atoms with Crippen LogP contribution in [0.15, 0.2) is 100 Å². The van der Waals surface area contributed by atoms with E-state index in [2.05, 4.69) is 54.1 Å². The highest BCUT2D eigenvalue weighted by Gasteiger charge is 2.35. The Morgan fingerprint density at radius 1 is 1.05 bits per heavy atom. The number of para-hydroxylation sites is 2. The van der Waals surface area contributed by atoms with Crippen molar-refractivity contribution < 1.29 is 14.3 Å². The standard InChI is InChI=1S/C36H35N3O4S/c1-6-42-35(41)32-24(5)37-36-39(33(32)28-15-8-10-17-30(28)43-22(2)3)34(40)31(44-36)19-26-21-38(29-16-9-7-14-27(26)29)20-25-13-11-12-23(4)18-25/h7-19,21-22,33H,6,20H2,1-5H3/b31-19+/t33-/m1/s1. The van der Waals surface area contributed by atoms with E-state index in [4.69, 9.17) is 14.5 Å². The van der Waals surface area contributed by atoms with Gasteiger partial charge in [-0.2, -0.15) is 0 Å². The van der Waals surface area contributed by atoms with Gasteiger partial charge in [-0.05, 0) is 58.4 Å². The maximum absolute atomic E-state index is 14.3. The molecule has 44 heavy (non-hydrogen) atoms. The van der Waals surface area contributed by atoms with Gasteiger partial charge in [-0.15, -0.1) is 0 Å². The fourth-order valence-corrected chi connectivity index (χ4v) is 6.86. The van der Waals surface area contributed by atoms with E-state index in [1.807, 2.05) is 56.3 Å². The Morgan fingerprint density at radius 3 is 2.59 bits per heavy atom. The van der Waals surface area contributed by atoms with Crippen LogP contribution in [0.1, 0.15) is 56.0 Å². The summed E-state index contributed by atoms with van der Waals surface area (Å²) in [6.45, 7) is 10.5. The fraction of sp³-hybridized carbons (Fsp3) is 0.250. The number of hydrogen-bond donors (Lipinski definition) is 0. The molecule has 0 saturated carbocycles. The number of ether oxygens (including phenoxy) is 2. The number of thiazole rings is 1. The second-order valence-electron chi connectivity index (χ2n) is 11.2. The Hall–Kier alpha value is -4.69. The van der Waals surface area contributed by atoms with Gasteiger partial charge in [0.2, 0.25) is 0 Å². The summed E-state index contributed by atoms with van der Waals surface area (Å²) in [7, 11) is 0. The summed E-state index contributed by atoms with van der Waals surface area (Å²) in [4.78, 5) is 32.9. The van der Waals surface area contributed by atoms with Crippen LogP contribution in [-0.2, 0) is 16.1 Å². The number of nitrogens with zero attached hydrogens (tertiary/aromatic N) is 3. The van der Waals surface area contributed by atoms with E-state index in [-0.39, 0.29) is 18.3 Å². The van der Waals surface area contributed by atoms with Gasteiger partial charge >= 0.3 is 5.97 Å². The minimum absolute atomic E-state index is 0.0970. The molecule has 3 aromatic carbocycles. The first-order valence-electron chi connectivity index (χ1n) is 14.8. The molecule has 0 N–H and O–H groups in total. The summed E-state index contributed by atoms with van der Waals surface area (Å²) in [5.41, 5.74) is 5.80. The van der Waals surface area contributed by atoms with E-state index < -0.39 is 12.0 Å². The van der Waals surface area contributed by atoms with Gasteiger partial charge in [0.15, 0.2) is 4.80 Å². The van der Waals surface area contributed by atoms with Crippen LogP contribution in [0, 0.1) is 6.92 Å². The number of rotatable bonds is 8. The second kappa shape index (κ2) is 12.1. The average Bonchev–Trinajstić information content (AvgIpc) is 3.48. The van der Waals surface area contributed by atoms with Crippen molar-refractivity contribution in [2.45, 2.75) is 53.3 Å². The topological polar surface area (TPSA) is 74.8 Å². The Morgan fingerprint density at radius 2 is 1.82 bits per heavy atom. The molecule has 3 heterocycles. The Labute approximate surface area is 260 Å². The zero-order valence-electron chi connectivity index (χ0n) is 25.5. The van der Waals surface area contributed by atoms with Crippen molar-refractivity contribution in [1.29, 1.82) is 0 Å². The van der Waals surface area contributed by atoms with Crippen molar-refractivity contribution in [2.75, 3.05) is 6.61 Å². The minimum atomic E-state index is -0.745. The third-order valence-electron chi connectivity index (χ3n) is 7.63. The van der Waals surface area contributed by atoms with Crippen LogP contribution in [0.5, 0.6) is 5.75 Å². The highest BCUT2D eigenvalue weighted by Crippen LogP contribution is 2.36. The molecular formula is C36H35N3O4S. The largest absolute Gasteiger partial charge is 0.491 e. The van der Waals surface area contributed by atoms with Crippen LogP contribution in [-0.4, -0.2) is 27.8 Å². The summed E-state index contributed by atoms with van der Waals surface area (Å²) in [6, 6.07) is 23.5. The minimum Gasteiger partial charge on any atom is -0.491 e. The van der Waals surface area contributed by atoms with Gasteiger partial charge in [0, 0.05) is 34.8 Å². The summed E-state index contributed by atoms with van der Waals surface area (Å²) >= 11 is 1.32. The van der Waals surface area contributed by atoms with Crippen molar-refractivity contribution >= 4 is 34.3 Å². The molecule has 0 unspecified atom stereocenters. The molecule has 8 heteroatoms. The number of hydrogen-bond acceptors (Lipinski definition) is 6. The van der Waals surface area contributed by atoms with E-state index in [0.29, 0.717) is 38.5 Å². The second-order valence-corrected chi connectivity index (χ2v) is 12.2. The Balaban J connectivity index is 1.53. The molecule has 1 aliphatic rings. The predicted molar refractivity (Wildman–Crippen MR) is 175 cm³/mol. The lowest BCUT2D eigenvalue weighted by Gasteiger charge is -2.26. The number of carbonyl (C=O) groups excluding carboxylic acids is 1. The number of fused-ring (bicyclic) bond motifs is 2. The predicted octanol–water partition coefficient (Wildman–Crippen LogP) is 5.90. The zero-order chi connectivity index (χ0) is 31.0. The normalized spacial score (nSPS) is 15.0. The molecule has 6 rings (SSSR count). The smallest absolute Gasteiger partial charge is 0.338 e. The molecule has 2 aromatic heterocycles. The SMILES string of the molecule is CCOC(=O)C1=C(C)N=c2s/c(=C/c3cn(Cc4cccc(C)c4)c4ccccc34)c(=O)n2[C@@H]1c1ccccc1OC(C)C. The number of allylic oxidation sites excluding steroid dienone is 1. The zero-order valence-corrected chi connectivity index (χ0v) is 26.4. The monoisotopic (exact) mass is 605 g/mol. The van der Waals surface area contributed by atoms with Crippen LogP contribution in [0.2, 0.25) is 0 Å². The van der Waals surface area contributed by atoms with Crippen LogP contribution >= 0.6 is 11.3 Å². The maximum Gasteiger partial charge on any atom is 0.338 e. The summed E-state index contributed by atoms with van der Waals surface area (Å²) < 4.78 is 16.0. The van der Waals surface area contributed by atoms with E-state index in [9.17, 15) is 9.59 Å². The lowest BCUT2D eigenvalue weighted by Crippen LogP contribution is -2.40. The maximum atomic E-state index is 14.3.